The first-order valence-electron chi connectivity index (χ1n) is 11.8. The van der Waals surface area contributed by atoms with E-state index in [1.165, 1.54) is 17.7 Å². The van der Waals surface area contributed by atoms with Crippen LogP contribution in [0.15, 0.2) is 60.7 Å². The average Bonchev–Trinajstić information content (AvgIpc) is 3.34. The maximum atomic E-state index is 13.6. The number of carbonyl (C=O) groups is 1. The van der Waals surface area contributed by atoms with Crippen molar-refractivity contribution in [3.05, 3.63) is 106 Å². The maximum Gasteiger partial charge on any atom is 0.273 e. The molecule has 4 aromatic rings. The Morgan fingerprint density at radius 1 is 1.06 bits per heavy atom. The number of benzene rings is 3. The zero-order valence-corrected chi connectivity index (χ0v) is 20.3. The Morgan fingerprint density at radius 2 is 1.74 bits per heavy atom. The lowest BCUT2D eigenvalue weighted by Crippen LogP contribution is -2.29. The highest BCUT2D eigenvalue weighted by Gasteiger charge is 2.42. The van der Waals surface area contributed by atoms with Crippen LogP contribution in [0.5, 0.6) is 5.75 Å². The predicted molar refractivity (Wildman–Crippen MR) is 134 cm³/mol. The summed E-state index contributed by atoms with van der Waals surface area (Å²) in [6, 6.07) is 17.8. The first-order chi connectivity index (χ1) is 16.7. The highest BCUT2D eigenvalue weighted by molar-refractivity contribution is 6.00. The first-order valence-corrected chi connectivity index (χ1v) is 11.8. The number of aromatic nitrogens is 2. The van der Waals surface area contributed by atoms with Gasteiger partial charge in [-0.15, -0.1) is 0 Å². The quantitative estimate of drug-likeness (QED) is 0.355. The Hall–Kier alpha value is -3.93. The molecule has 0 saturated heterocycles. The molecule has 178 valence electrons. The van der Waals surface area contributed by atoms with Gasteiger partial charge < -0.3 is 10.0 Å². The van der Waals surface area contributed by atoms with Gasteiger partial charge in [-0.05, 0) is 65.8 Å². The van der Waals surface area contributed by atoms with E-state index in [-0.39, 0.29) is 17.5 Å². The van der Waals surface area contributed by atoms with Gasteiger partial charge in [-0.25, -0.2) is 4.39 Å². The van der Waals surface area contributed by atoms with E-state index in [0.29, 0.717) is 29.4 Å². The zero-order chi connectivity index (χ0) is 24.9. The maximum absolute atomic E-state index is 13.6. The number of phenols is 1. The molecule has 0 bridgehead atoms. The van der Waals surface area contributed by atoms with E-state index < -0.39 is 6.04 Å². The summed E-state index contributed by atoms with van der Waals surface area (Å²) in [7, 11) is 0. The lowest BCUT2D eigenvalue weighted by atomic mass is 9.92. The molecule has 2 heterocycles. The summed E-state index contributed by atoms with van der Waals surface area (Å²) < 4.78 is 13.5. The largest absolute Gasteiger partial charge is 0.507 e. The molecule has 3 aromatic carbocycles. The number of rotatable bonds is 5. The lowest BCUT2D eigenvalue weighted by Gasteiger charge is -2.27. The fraction of sp³-hybridized carbons (Fsp3) is 0.241. The van der Waals surface area contributed by atoms with Gasteiger partial charge in [-0.1, -0.05) is 56.3 Å². The second kappa shape index (κ2) is 8.69. The Balaban J connectivity index is 1.67. The lowest BCUT2D eigenvalue weighted by molar-refractivity contribution is 0.0730. The molecule has 2 N–H and O–H groups in total. The molecule has 1 aliphatic rings. The molecule has 35 heavy (non-hydrogen) atoms. The van der Waals surface area contributed by atoms with Crippen molar-refractivity contribution in [1.82, 2.24) is 15.1 Å². The van der Waals surface area contributed by atoms with Crippen molar-refractivity contribution in [2.45, 2.75) is 46.2 Å². The van der Waals surface area contributed by atoms with Crippen LogP contribution in [0.2, 0.25) is 0 Å². The van der Waals surface area contributed by atoms with Crippen molar-refractivity contribution >= 4 is 5.91 Å². The first kappa shape index (κ1) is 22.8. The molecule has 0 saturated carbocycles. The third-order valence-electron chi connectivity index (χ3n) is 6.74. The van der Waals surface area contributed by atoms with Crippen LogP contribution in [0.4, 0.5) is 4.39 Å². The number of hydrogen-bond donors (Lipinski definition) is 2. The number of aromatic amines is 1. The Labute approximate surface area is 204 Å². The summed E-state index contributed by atoms with van der Waals surface area (Å²) >= 11 is 0. The summed E-state index contributed by atoms with van der Waals surface area (Å²) in [6.45, 7) is 8.46. The number of hydrogen-bond acceptors (Lipinski definition) is 3. The number of aryl methyl sites for hydroxylation is 2. The third kappa shape index (κ3) is 3.99. The minimum atomic E-state index is -0.405. The van der Waals surface area contributed by atoms with Gasteiger partial charge >= 0.3 is 0 Å². The van der Waals surface area contributed by atoms with Gasteiger partial charge in [-0.2, -0.15) is 5.10 Å². The molecule has 1 unspecified atom stereocenters. The van der Waals surface area contributed by atoms with Crippen LogP contribution in [0.25, 0.3) is 11.3 Å². The minimum absolute atomic E-state index is 0.134. The highest BCUT2D eigenvalue weighted by Crippen LogP contribution is 2.46. The van der Waals surface area contributed by atoms with Crippen LogP contribution in [0, 0.1) is 19.7 Å². The molecule has 0 aliphatic carbocycles. The monoisotopic (exact) mass is 469 g/mol. The number of halogens is 1. The van der Waals surface area contributed by atoms with Crippen molar-refractivity contribution in [2.24, 2.45) is 0 Å². The summed E-state index contributed by atoms with van der Waals surface area (Å²) in [5.74, 6) is 0.0292. The Bertz CT molecular complexity index is 1380. The van der Waals surface area contributed by atoms with Crippen LogP contribution in [0.1, 0.15) is 69.7 Å². The Kier molecular flexibility index (Phi) is 5.67. The van der Waals surface area contributed by atoms with Crippen molar-refractivity contribution in [1.29, 1.82) is 0 Å². The molecular formula is C29H28FN3O2. The van der Waals surface area contributed by atoms with E-state index in [1.54, 1.807) is 23.1 Å². The fourth-order valence-electron chi connectivity index (χ4n) is 5.00. The van der Waals surface area contributed by atoms with E-state index in [9.17, 15) is 14.3 Å². The standard InChI is InChI=1S/C29H28FN3O2/c1-16(2)20-7-9-21(10-8-20)28-25-26(24-18(4)13-17(3)14-23(24)34)31-32-27(25)29(35)33(28)15-19-5-11-22(30)12-6-19/h5-14,16,28,34H,15H2,1-4H3,(H,31,32). The van der Waals surface area contributed by atoms with Crippen molar-refractivity contribution < 1.29 is 14.3 Å². The molecule has 1 aromatic heterocycles. The number of fused-ring (bicyclic) bond motifs is 1. The third-order valence-corrected chi connectivity index (χ3v) is 6.74. The van der Waals surface area contributed by atoms with Gasteiger partial charge in [-0.3, -0.25) is 9.89 Å². The molecule has 5 nitrogen and oxygen atoms in total. The molecule has 1 amide bonds. The van der Waals surface area contributed by atoms with Gasteiger partial charge in [0.25, 0.3) is 5.91 Å². The summed E-state index contributed by atoms with van der Waals surface area (Å²) in [5.41, 5.74) is 7.18. The number of nitrogens with one attached hydrogen (secondary N) is 1. The number of aromatic hydroxyl groups is 1. The van der Waals surface area contributed by atoms with Gasteiger partial charge in [0.1, 0.15) is 23.0 Å². The molecule has 5 rings (SSSR count). The van der Waals surface area contributed by atoms with Crippen LogP contribution in [-0.4, -0.2) is 26.1 Å². The van der Waals surface area contributed by atoms with Crippen molar-refractivity contribution in [3.8, 4) is 17.0 Å². The summed E-state index contributed by atoms with van der Waals surface area (Å²) in [4.78, 5) is 15.4. The number of phenolic OH excluding ortho intramolecular Hbond substituents is 1. The van der Waals surface area contributed by atoms with Gasteiger partial charge in [0.05, 0.1) is 6.04 Å². The van der Waals surface area contributed by atoms with E-state index >= 15 is 0 Å². The number of nitrogens with zero attached hydrogens (tertiary/aromatic N) is 2. The molecular weight excluding hydrogens is 441 g/mol. The van der Waals surface area contributed by atoms with E-state index in [1.807, 2.05) is 19.9 Å². The molecule has 0 radical (unpaired) electrons. The Morgan fingerprint density at radius 3 is 2.37 bits per heavy atom. The highest BCUT2D eigenvalue weighted by atomic mass is 19.1. The van der Waals surface area contributed by atoms with Gasteiger partial charge in [0.15, 0.2) is 0 Å². The zero-order valence-electron chi connectivity index (χ0n) is 20.3. The van der Waals surface area contributed by atoms with Gasteiger partial charge in [0, 0.05) is 17.7 Å². The van der Waals surface area contributed by atoms with Crippen LogP contribution >= 0.6 is 0 Å². The van der Waals surface area contributed by atoms with Crippen LogP contribution < -0.4 is 0 Å². The number of amides is 1. The molecule has 0 spiro atoms. The minimum Gasteiger partial charge on any atom is -0.507 e. The van der Waals surface area contributed by atoms with Crippen LogP contribution in [0.3, 0.4) is 0 Å². The normalized spacial score (nSPS) is 15.2. The SMILES string of the molecule is Cc1cc(C)c(-c2n[nH]c3c2C(c2ccc(C(C)C)cc2)N(Cc2ccc(F)cc2)C3=O)c(O)c1. The molecule has 0 fully saturated rings. The number of carbonyl (C=O) groups excluding carboxylic acids is 1. The van der Waals surface area contributed by atoms with E-state index in [0.717, 1.165) is 27.8 Å². The smallest absolute Gasteiger partial charge is 0.273 e. The van der Waals surface area contributed by atoms with Crippen LogP contribution in [-0.2, 0) is 6.54 Å². The van der Waals surface area contributed by atoms with E-state index in [2.05, 4.69) is 48.3 Å². The van der Waals surface area contributed by atoms with E-state index in [4.69, 9.17) is 0 Å². The second-order valence-electron chi connectivity index (χ2n) is 9.62. The average molecular weight is 470 g/mol. The van der Waals surface area contributed by atoms with Crippen molar-refractivity contribution in [3.63, 3.8) is 0 Å². The molecule has 6 heteroatoms. The molecule has 1 atom stereocenters. The predicted octanol–water partition coefficient (Wildman–Crippen LogP) is 6.41. The summed E-state index contributed by atoms with van der Waals surface area (Å²) in [6.07, 6.45) is 0. The number of H-pyrrole nitrogens is 1. The second-order valence-corrected chi connectivity index (χ2v) is 9.62. The van der Waals surface area contributed by atoms with Gasteiger partial charge in [0.2, 0.25) is 0 Å². The molecule has 1 aliphatic heterocycles. The van der Waals surface area contributed by atoms with Crippen molar-refractivity contribution in [2.75, 3.05) is 0 Å². The fourth-order valence-corrected chi connectivity index (χ4v) is 5.00. The topological polar surface area (TPSA) is 69.2 Å². The summed E-state index contributed by atoms with van der Waals surface area (Å²) in [5, 5.41) is 18.3.